The summed E-state index contributed by atoms with van der Waals surface area (Å²) in [6.45, 7) is 5.40. The van der Waals surface area contributed by atoms with Gasteiger partial charge in [0.05, 0.1) is 12.2 Å². The first kappa shape index (κ1) is 9.68. The second-order valence-corrected chi connectivity index (χ2v) is 3.82. The second-order valence-electron chi connectivity index (χ2n) is 3.41. The van der Waals surface area contributed by atoms with Crippen LogP contribution in [0.15, 0.2) is 12.5 Å². The van der Waals surface area contributed by atoms with Gasteiger partial charge in [-0.05, 0) is 6.54 Å². The molecule has 76 valence electrons. The van der Waals surface area contributed by atoms with Crippen LogP contribution in [0.3, 0.4) is 0 Å². The van der Waals surface area contributed by atoms with E-state index in [1.165, 1.54) is 6.33 Å². The zero-order valence-electron chi connectivity index (χ0n) is 8.07. The standard InChI is InChI=1S/C9H13ClN4/c1-2-14-4-7(5-14)13-9-8(10)3-11-6-12-9/h3,6-7H,2,4-5H2,1H3,(H,11,12,13). The molecule has 0 unspecified atom stereocenters. The van der Waals surface area contributed by atoms with E-state index in [1.807, 2.05) is 0 Å². The number of anilines is 1. The van der Waals surface area contributed by atoms with E-state index in [4.69, 9.17) is 11.6 Å². The van der Waals surface area contributed by atoms with Crippen molar-refractivity contribution in [1.29, 1.82) is 0 Å². The second kappa shape index (κ2) is 4.11. The zero-order chi connectivity index (χ0) is 9.97. The van der Waals surface area contributed by atoms with Crippen molar-refractivity contribution >= 4 is 17.4 Å². The number of rotatable bonds is 3. The van der Waals surface area contributed by atoms with E-state index < -0.39 is 0 Å². The van der Waals surface area contributed by atoms with Gasteiger partial charge in [0.1, 0.15) is 17.2 Å². The quantitative estimate of drug-likeness (QED) is 0.819. The molecule has 1 aromatic heterocycles. The van der Waals surface area contributed by atoms with Crippen LogP contribution in [-0.2, 0) is 0 Å². The molecule has 0 aromatic carbocycles. The first-order valence-corrected chi connectivity index (χ1v) is 5.11. The normalized spacial score (nSPS) is 17.9. The van der Waals surface area contributed by atoms with Crippen LogP contribution in [0.25, 0.3) is 0 Å². The van der Waals surface area contributed by atoms with Gasteiger partial charge in [0.15, 0.2) is 0 Å². The Kier molecular flexibility index (Phi) is 2.84. The highest BCUT2D eigenvalue weighted by molar-refractivity contribution is 6.32. The number of hydrogen-bond acceptors (Lipinski definition) is 4. The van der Waals surface area contributed by atoms with Crippen molar-refractivity contribution < 1.29 is 0 Å². The monoisotopic (exact) mass is 212 g/mol. The van der Waals surface area contributed by atoms with Gasteiger partial charge >= 0.3 is 0 Å². The molecule has 1 aliphatic rings. The average molecular weight is 213 g/mol. The van der Waals surface area contributed by atoms with Gasteiger partial charge in [-0.15, -0.1) is 0 Å². The summed E-state index contributed by atoms with van der Waals surface area (Å²) in [7, 11) is 0. The Morgan fingerprint density at radius 3 is 3.07 bits per heavy atom. The Labute approximate surface area is 88.3 Å². The highest BCUT2D eigenvalue weighted by atomic mass is 35.5. The van der Waals surface area contributed by atoms with Gasteiger partial charge in [0.2, 0.25) is 0 Å². The molecule has 0 radical (unpaired) electrons. The minimum Gasteiger partial charge on any atom is -0.363 e. The van der Waals surface area contributed by atoms with Crippen molar-refractivity contribution in [1.82, 2.24) is 14.9 Å². The Hall–Kier alpha value is -0.870. The lowest BCUT2D eigenvalue weighted by Crippen LogP contribution is -2.54. The number of hydrogen-bond donors (Lipinski definition) is 1. The van der Waals surface area contributed by atoms with Gasteiger partial charge in [0, 0.05) is 13.1 Å². The van der Waals surface area contributed by atoms with E-state index in [2.05, 4.69) is 27.1 Å². The Balaban J connectivity index is 1.90. The van der Waals surface area contributed by atoms with E-state index >= 15 is 0 Å². The maximum Gasteiger partial charge on any atom is 0.148 e. The highest BCUT2D eigenvalue weighted by Gasteiger charge is 2.25. The summed E-state index contributed by atoms with van der Waals surface area (Å²) in [5.74, 6) is 0.738. The molecule has 1 N–H and O–H groups in total. The molecule has 0 amide bonds. The molecule has 0 atom stereocenters. The van der Waals surface area contributed by atoms with Crippen LogP contribution >= 0.6 is 11.6 Å². The zero-order valence-corrected chi connectivity index (χ0v) is 8.83. The number of nitrogens with zero attached hydrogens (tertiary/aromatic N) is 3. The first-order valence-electron chi connectivity index (χ1n) is 4.74. The summed E-state index contributed by atoms with van der Waals surface area (Å²) in [6.07, 6.45) is 3.11. The van der Waals surface area contributed by atoms with E-state index in [0.29, 0.717) is 11.1 Å². The van der Waals surface area contributed by atoms with Crippen molar-refractivity contribution in [2.24, 2.45) is 0 Å². The Morgan fingerprint density at radius 1 is 1.64 bits per heavy atom. The molecule has 0 bridgehead atoms. The van der Waals surface area contributed by atoms with Crippen molar-refractivity contribution in [3.05, 3.63) is 17.5 Å². The Bertz CT molecular complexity index is 311. The lowest BCUT2D eigenvalue weighted by Gasteiger charge is -2.39. The van der Waals surface area contributed by atoms with E-state index in [9.17, 15) is 0 Å². The molecule has 0 aliphatic carbocycles. The lowest BCUT2D eigenvalue weighted by molar-refractivity contribution is 0.171. The van der Waals surface area contributed by atoms with E-state index in [1.54, 1.807) is 6.20 Å². The summed E-state index contributed by atoms with van der Waals surface area (Å²) >= 11 is 5.92. The molecule has 5 heteroatoms. The topological polar surface area (TPSA) is 41.0 Å². The molecule has 1 aliphatic heterocycles. The van der Waals surface area contributed by atoms with Crippen molar-refractivity contribution in [2.45, 2.75) is 13.0 Å². The Morgan fingerprint density at radius 2 is 2.43 bits per heavy atom. The molecular weight excluding hydrogens is 200 g/mol. The molecule has 2 heterocycles. The number of likely N-dealkylation sites (tertiary alicyclic amines) is 1. The minimum atomic E-state index is 0.474. The fraction of sp³-hybridized carbons (Fsp3) is 0.556. The smallest absolute Gasteiger partial charge is 0.148 e. The maximum absolute atomic E-state index is 5.92. The lowest BCUT2D eigenvalue weighted by atomic mass is 10.1. The number of nitrogens with one attached hydrogen (secondary N) is 1. The number of aromatic nitrogens is 2. The fourth-order valence-electron chi connectivity index (χ4n) is 1.53. The summed E-state index contributed by atoms with van der Waals surface area (Å²) in [5.41, 5.74) is 0. The third-order valence-corrected chi connectivity index (χ3v) is 2.69. The molecule has 2 rings (SSSR count). The molecule has 4 nitrogen and oxygen atoms in total. The summed E-state index contributed by atoms with van der Waals surface area (Å²) in [4.78, 5) is 10.3. The van der Waals surface area contributed by atoms with Gasteiger partial charge in [-0.25, -0.2) is 9.97 Å². The molecular formula is C9H13ClN4. The minimum absolute atomic E-state index is 0.474. The van der Waals surface area contributed by atoms with Gasteiger partial charge in [0.25, 0.3) is 0 Å². The largest absolute Gasteiger partial charge is 0.363 e. The molecule has 1 saturated heterocycles. The summed E-state index contributed by atoms with van der Waals surface area (Å²) in [6, 6.07) is 0.474. The van der Waals surface area contributed by atoms with E-state index in [0.717, 1.165) is 25.5 Å². The first-order chi connectivity index (χ1) is 6.79. The van der Waals surface area contributed by atoms with Gasteiger partial charge in [-0.1, -0.05) is 18.5 Å². The molecule has 1 fully saturated rings. The van der Waals surface area contributed by atoms with Crippen molar-refractivity contribution in [3.63, 3.8) is 0 Å². The third kappa shape index (κ3) is 1.96. The molecule has 0 spiro atoms. The summed E-state index contributed by atoms with van der Waals surface area (Å²) in [5, 5.41) is 3.87. The van der Waals surface area contributed by atoms with Crippen LogP contribution < -0.4 is 5.32 Å². The van der Waals surface area contributed by atoms with Crippen LogP contribution in [0, 0.1) is 0 Å². The molecule has 14 heavy (non-hydrogen) atoms. The third-order valence-electron chi connectivity index (χ3n) is 2.41. The van der Waals surface area contributed by atoms with Crippen LogP contribution in [0.1, 0.15) is 6.92 Å². The van der Waals surface area contributed by atoms with Crippen LogP contribution in [0.4, 0.5) is 5.82 Å². The maximum atomic E-state index is 5.92. The van der Waals surface area contributed by atoms with E-state index in [-0.39, 0.29) is 0 Å². The van der Waals surface area contributed by atoms with Crippen LogP contribution in [0.2, 0.25) is 5.02 Å². The predicted molar refractivity (Wildman–Crippen MR) is 56.6 cm³/mol. The van der Waals surface area contributed by atoms with Gasteiger partial charge in [-0.3, -0.25) is 4.90 Å². The summed E-state index contributed by atoms with van der Waals surface area (Å²) < 4.78 is 0. The van der Waals surface area contributed by atoms with Gasteiger partial charge < -0.3 is 5.32 Å². The van der Waals surface area contributed by atoms with Crippen molar-refractivity contribution in [3.8, 4) is 0 Å². The number of halogens is 1. The van der Waals surface area contributed by atoms with Crippen molar-refractivity contribution in [2.75, 3.05) is 25.0 Å². The SMILES string of the molecule is CCN1CC(Nc2ncncc2Cl)C1. The fourth-order valence-corrected chi connectivity index (χ4v) is 1.69. The van der Waals surface area contributed by atoms with Crippen LogP contribution in [-0.4, -0.2) is 40.5 Å². The van der Waals surface area contributed by atoms with Crippen LogP contribution in [0.5, 0.6) is 0 Å². The van der Waals surface area contributed by atoms with Gasteiger partial charge in [-0.2, -0.15) is 0 Å². The predicted octanol–water partition coefficient (Wildman–Crippen LogP) is 1.25. The average Bonchev–Trinajstić information content (AvgIpc) is 2.13. The highest BCUT2D eigenvalue weighted by Crippen LogP contribution is 2.19. The number of likely N-dealkylation sites (N-methyl/N-ethyl adjacent to an activating group) is 1. The molecule has 1 aromatic rings. The molecule has 0 saturated carbocycles.